The molecule has 0 amide bonds. The van der Waals surface area contributed by atoms with Crippen molar-refractivity contribution in [3.63, 3.8) is 0 Å². The van der Waals surface area contributed by atoms with Crippen LogP contribution in [0.15, 0.2) is 58.1 Å². The maximum absolute atomic E-state index is 13.5. The zero-order chi connectivity index (χ0) is 26.9. The molecule has 196 valence electrons. The molecule has 0 aliphatic rings. The van der Waals surface area contributed by atoms with E-state index in [2.05, 4.69) is 9.72 Å². The first-order chi connectivity index (χ1) is 17.5. The average molecular weight is 539 g/mol. The number of aliphatic hydroxyl groups is 1. The summed E-state index contributed by atoms with van der Waals surface area (Å²) in [5.74, 6) is -0.908. The summed E-state index contributed by atoms with van der Waals surface area (Å²) in [6.45, 7) is 1.50. The number of rotatable bonds is 8. The van der Waals surface area contributed by atoms with E-state index in [-0.39, 0.29) is 48.5 Å². The van der Waals surface area contributed by atoms with Gasteiger partial charge in [0.2, 0.25) is 0 Å². The number of ether oxygens (including phenoxy) is 2. The van der Waals surface area contributed by atoms with Crippen LogP contribution in [0.25, 0.3) is 11.2 Å². The molecule has 0 bridgehead atoms. The zero-order valence-electron chi connectivity index (χ0n) is 19.7. The van der Waals surface area contributed by atoms with Gasteiger partial charge < -0.3 is 14.6 Å². The summed E-state index contributed by atoms with van der Waals surface area (Å²) >= 11 is 5.99. The molecule has 4 rings (SSSR count). The molecule has 2 aromatic carbocycles. The van der Waals surface area contributed by atoms with Crippen molar-refractivity contribution in [2.24, 2.45) is 13.0 Å². The standard InChI is InChI=1S/C24H22ClF3N4O5/c1-14(13-33)11-32-21(34)19-20(30(2)23(32)35)29-22(31(19)12-15-6-8-16(25)9-7-15)36-17-4-3-5-18(10-17)37-24(26,27)28/h3-10,14,33H,11-13H2,1-2H3. The Kier molecular flexibility index (Phi) is 7.32. The summed E-state index contributed by atoms with van der Waals surface area (Å²) in [6, 6.07) is 11.5. The molecule has 2 aromatic heterocycles. The number of aromatic nitrogens is 4. The first-order valence-electron chi connectivity index (χ1n) is 11.1. The van der Waals surface area contributed by atoms with Crippen molar-refractivity contribution < 1.29 is 27.8 Å². The second-order valence-electron chi connectivity index (χ2n) is 8.45. The van der Waals surface area contributed by atoms with Gasteiger partial charge in [0, 0.05) is 31.3 Å². The maximum Gasteiger partial charge on any atom is 0.573 e. The summed E-state index contributed by atoms with van der Waals surface area (Å²) in [4.78, 5) is 30.7. The number of fused-ring (bicyclic) bond motifs is 1. The van der Waals surface area contributed by atoms with E-state index in [1.807, 2.05) is 0 Å². The fourth-order valence-corrected chi connectivity index (χ4v) is 3.85. The molecule has 0 aliphatic carbocycles. The number of halogens is 4. The molecule has 4 aromatic rings. The highest BCUT2D eigenvalue weighted by Crippen LogP contribution is 2.30. The van der Waals surface area contributed by atoms with Gasteiger partial charge in [0.25, 0.3) is 5.56 Å². The molecule has 0 spiro atoms. The highest BCUT2D eigenvalue weighted by atomic mass is 35.5. The lowest BCUT2D eigenvalue weighted by atomic mass is 10.2. The summed E-state index contributed by atoms with van der Waals surface area (Å²) in [5, 5.41) is 9.94. The van der Waals surface area contributed by atoms with E-state index in [4.69, 9.17) is 16.3 Å². The Morgan fingerprint density at radius 3 is 2.41 bits per heavy atom. The highest BCUT2D eigenvalue weighted by Gasteiger charge is 2.31. The largest absolute Gasteiger partial charge is 0.573 e. The second kappa shape index (κ2) is 10.3. The Morgan fingerprint density at radius 2 is 1.76 bits per heavy atom. The number of benzene rings is 2. The second-order valence-corrected chi connectivity index (χ2v) is 8.89. The fraction of sp³-hybridized carbons (Fsp3) is 0.292. The van der Waals surface area contributed by atoms with E-state index < -0.39 is 23.4 Å². The maximum atomic E-state index is 13.5. The summed E-state index contributed by atoms with van der Waals surface area (Å²) in [7, 11) is 1.44. The third-order valence-corrected chi connectivity index (χ3v) is 5.76. The van der Waals surface area contributed by atoms with Gasteiger partial charge in [0.15, 0.2) is 11.2 Å². The van der Waals surface area contributed by atoms with E-state index >= 15 is 0 Å². The van der Waals surface area contributed by atoms with Gasteiger partial charge in [-0.2, -0.15) is 4.98 Å². The molecule has 0 aliphatic heterocycles. The lowest BCUT2D eigenvalue weighted by Gasteiger charge is -2.13. The predicted octanol–water partition coefficient (Wildman–Crippen LogP) is 3.92. The van der Waals surface area contributed by atoms with Gasteiger partial charge in [-0.15, -0.1) is 13.2 Å². The van der Waals surface area contributed by atoms with Gasteiger partial charge in [-0.05, 0) is 35.7 Å². The minimum Gasteiger partial charge on any atom is -0.425 e. The van der Waals surface area contributed by atoms with Crippen molar-refractivity contribution in [3.05, 3.63) is 80.0 Å². The molecule has 1 unspecified atom stereocenters. The van der Waals surface area contributed by atoms with Crippen LogP contribution < -0.4 is 20.7 Å². The molecule has 0 radical (unpaired) electrons. The van der Waals surface area contributed by atoms with Crippen LogP contribution in [0.1, 0.15) is 12.5 Å². The van der Waals surface area contributed by atoms with Gasteiger partial charge in [0.1, 0.15) is 11.5 Å². The predicted molar refractivity (Wildman–Crippen MR) is 129 cm³/mol. The summed E-state index contributed by atoms with van der Waals surface area (Å²) < 4.78 is 51.4. The van der Waals surface area contributed by atoms with Gasteiger partial charge in [-0.3, -0.25) is 18.5 Å². The highest BCUT2D eigenvalue weighted by molar-refractivity contribution is 6.30. The number of alkyl halides is 3. The Balaban J connectivity index is 1.88. The molecule has 1 atom stereocenters. The number of aliphatic hydroxyl groups excluding tert-OH is 1. The Hall–Kier alpha value is -3.77. The van der Waals surface area contributed by atoms with Crippen LogP contribution in [0.5, 0.6) is 17.5 Å². The number of hydrogen-bond acceptors (Lipinski definition) is 6. The number of nitrogens with zero attached hydrogens (tertiary/aromatic N) is 4. The first kappa shape index (κ1) is 26.3. The van der Waals surface area contributed by atoms with Crippen molar-refractivity contribution >= 4 is 22.8 Å². The summed E-state index contributed by atoms with van der Waals surface area (Å²) in [5.41, 5.74) is -0.509. The van der Waals surface area contributed by atoms with Crippen LogP contribution in [-0.4, -0.2) is 36.8 Å². The quantitative estimate of drug-likeness (QED) is 0.365. The van der Waals surface area contributed by atoms with E-state index in [9.17, 15) is 27.9 Å². The van der Waals surface area contributed by atoms with Crippen molar-refractivity contribution in [1.82, 2.24) is 18.7 Å². The van der Waals surface area contributed by atoms with Crippen LogP contribution in [0, 0.1) is 5.92 Å². The van der Waals surface area contributed by atoms with E-state index in [0.29, 0.717) is 10.6 Å². The Labute approximate surface area is 212 Å². The van der Waals surface area contributed by atoms with Crippen LogP contribution >= 0.6 is 11.6 Å². The first-order valence-corrected chi connectivity index (χ1v) is 11.4. The van der Waals surface area contributed by atoms with Crippen molar-refractivity contribution in [2.75, 3.05) is 6.61 Å². The van der Waals surface area contributed by atoms with E-state index in [0.717, 1.165) is 16.7 Å². The number of aryl methyl sites for hydroxylation is 1. The Bertz CT molecular complexity index is 1540. The minimum atomic E-state index is -4.89. The van der Waals surface area contributed by atoms with Gasteiger partial charge >= 0.3 is 18.1 Å². The number of hydrogen-bond donors (Lipinski definition) is 1. The van der Waals surface area contributed by atoms with Gasteiger partial charge in [-0.1, -0.05) is 36.7 Å². The molecule has 1 N–H and O–H groups in total. The van der Waals surface area contributed by atoms with Crippen molar-refractivity contribution in [3.8, 4) is 17.5 Å². The zero-order valence-corrected chi connectivity index (χ0v) is 20.5. The Morgan fingerprint density at radius 1 is 1.08 bits per heavy atom. The lowest BCUT2D eigenvalue weighted by Crippen LogP contribution is -2.41. The molecule has 13 heteroatoms. The smallest absolute Gasteiger partial charge is 0.425 e. The summed E-state index contributed by atoms with van der Waals surface area (Å²) in [6.07, 6.45) is -4.89. The molecule has 2 heterocycles. The normalized spacial score (nSPS) is 12.6. The van der Waals surface area contributed by atoms with Crippen molar-refractivity contribution in [2.45, 2.75) is 26.4 Å². The third-order valence-electron chi connectivity index (χ3n) is 5.51. The molecule has 0 fully saturated rings. The SMILES string of the molecule is CC(CO)Cn1c(=O)c2c(nc(Oc3cccc(OC(F)(F)F)c3)n2Cc2ccc(Cl)cc2)n(C)c1=O. The van der Waals surface area contributed by atoms with Crippen LogP contribution in [0.3, 0.4) is 0 Å². The molecular formula is C24H22ClF3N4O5. The monoisotopic (exact) mass is 538 g/mol. The van der Waals surface area contributed by atoms with E-state index in [1.165, 1.54) is 28.3 Å². The van der Waals surface area contributed by atoms with Gasteiger partial charge in [0.05, 0.1) is 6.54 Å². The molecule has 9 nitrogen and oxygen atoms in total. The molecule has 0 saturated carbocycles. The van der Waals surface area contributed by atoms with E-state index in [1.54, 1.807) is 31.2 Å². The van der Waals surface area contributed by atoms with Crippen LogP contribution in [0.4, 0.5) is 13.2 Å². The van der Waals surface area contributed by atoms with Crippen molar-refractivity contribution in [1.29, 1.82) is 0 Å². The third kappa shape index (κ3) is 5.81. The molecule has 0 saturated heterocycles. The molecule has 37 heavy (non-hydrogen) atoms. The molecular weight excluding hydrogens is 517 g/mol. The van der Waals surface area contributed by atoms with Gasteiger partial charge in [-0.25, -0.2) is 4.79 Å². The minimum absolute atomic E-state index is 0.0227. The van der Waals surface area contributed by atoms with Crippen LogP contribution in [0.2, 0.25) is 5.02 Å². The fourth-order valence-electron chi connectivity index (χ4n) is 3.72. The average Bonchev–Trinajstić information content (AvgIpc) is 3.18. The topological polar surface area (TPSA) is 101 Å². The van der Waals surface area contributed by atoms with Crippen LogP contribution in [-0.2, 0) is 20.1 Å². The lowest BCUT2D eigenvalue weighted by molar-refractivity contribution is -0.274. The number of imidazole rings is 1.